The first-order valence-electron chi connectivity index (χ1n) is 6.92. The van der Waals surface area contributed by atoms with Crippen molar-refractivity contribution in [3.8, 4) is 0 Å². The van der Waals surface area contributed by atoms with Gasteiger partial charge in [0.15, 0.2) is 0 Å². The van der Waals surface area contributed by atoms with Crippen LogP contribution in [0.1, 0.15) is 11.1 Å². The van der Waals surface area contributed by atoms with E-state index in [0.717, 1.165) is 11.1 Å². The second kappa shape index (κ2) is 6.89. The van der Waals surface area contributed by atoms with E-state index in [-0.39, 0.29) is 5.91 Å². The fourth-order valence-corrected chi connectivity index (χ4v) is 2.07. The summed E-state index contributed by atoms with van der Waals surface area (Å²) in [6.45, 7) is 0. The molecular weight excluding hydrogens is 312 g/mol. The maximum absolute atomic E-state index is 11.9. The van der Waals surface area contributed by atoms with E-state index in [4.69, 9.17) is 11.6 Å². The van der Waals surface area contributed by atoms with Gasteiger partial charge in [0.1, 0.15) is 5.70 Å². The van der Waals surface area contributed by atoms with E-state index in [9.17, 15) is 4.79 Å². The number of hydrazone groups is 1. The van der Waals surface area contributed by atoms with Crippen LogP contribution in [0.5, 0.6) is 0 Å². The Bertz CT molecular complexity index is 795. The molecule has 23 heavy (non-hydrogen) atoms. The van der Waals surface area contributed by atoms with Gasteiger partial charge < -0.3 is 0 Å². The van der Waals surface area contributed by atoms with Gasteiger partial charge >= 0.3 is 0 Å². The van der Waals surface area contributed by atoms with Gasteiger partial charge in [-0.15, -0.1) is 0 Å². The average molecular weight is 325 g/mol. The molecule has 0 unspecified atom stereocenters. The van der Waals surface area contributed by atoms with Crippen molar-refractivity contribution in [2.24, 2.45) is 10.1 Å². The lowest BCUT2D eigenvalue weighted by Crippen LogP contribution is -2.33. The fourth-order valence-electron chi connectivity index (χ4n) is 1.95. The van der Waals surface area contributed by atoms with E-state index in [1.807, 2.05) is 42.5 Å². The highest BCUT2D eigenvalue weighted by Crippen LogP contribution is 2.14. The maximum atomic E-state index is 11.9. The lowest BCUT2D eigenvalue weighted by atomic mass is 10.2. The van der Waals surface area contributed by atoms with Gasteiger partial charge in [-0.25, -0.2) is 10.4 Å². The molecule has 0 fully saturated rings. The van der Waals surface area contributed by atoms with Crippen molar-refractivity contribution >= 4 is 35.8 Å². The second-order valence-electron chi connectivity index (χ2n) is 4.78. The molecule has 1 amide bonds. The van der Waals surface area contributed by atoms with Crippen molar-refractivity contribution in [3.05, 3.63) is 76.4 Å². The van der Waals surface area contributed by atoms with Crippen LogP contribution in [0.4, 0.5) is 0 Å². The van der Waals surface area contributed by atoms with Crippen molar-refractivity contribution in [2.75, 3.05) is 0 Å². The van der Waals surface area contributed by atoms with Crippen molar-refractivity contribution < 1.29 is 4.79 Å². The zero-order valence-electron chi connectivity index (χ0n) is 12.0. The van der Waals surface area contributed by atoms with Gasteiger partial charge in [0.2, 0.25) is 5.96 Å². The lowest BCUT2D eigenvalue weighted by Gasteiger charge is -1.97. The van der Waals surface area contributed by atoms with Gasteiger partial charge in [-0.3, -0.25) is 10.1 Å². The molecule has 0 saturated heterocycles. The van der Waals surface area contributed by atoms with Crippen LogP contribution in [0.25, 0.3) is 6.08 Å². The highest BCUT2D eigenvalue weighted by atomic mass is 35.5. The van der Waals surface area contributed by atoms with Crippen LogP contribution >= 0.6 is 11.6 Å². The third kappa shape index (κ3) is 4.05. The zero-order valence-corrected chi connectivity index (χ0v) is 12.8. The average Bonchev–Trinajstić information content (AvgIpc) is 2.90. The van der Waals surface area contributed by atoms with E-state index in [1.54, 1.807) is 24.4 Å². The van der Waals surface area contributed by atoms with Gasteiger partial charge in [-0.05, 0) is 29.3 Å². The van der Waals surface area contributed by atoms with E-state index < -0.39 is 0 Å². The first-order valence-corrected chi connectivity index (χ1v) is 7.30. The molecular formula is C17H13ClN4O. The third-order valence-corrected chi connectivity index (χ3v) is 3.31. The fraction of sp³-hybridized carbons (Fsp3) is 0. The molecule has 0 atom stereocenters. The zero-order chi connectivity index (χ0) is 16.1. The normalized spacial score (nSPS) is 15.8. The van der Waals surface area contributed by atoms with Crippen LogP contribution in [-0.4, -0.2) is 18.1 Å². The Morgan fingerprint density at radius 1 is 1.04 bits per heavy atom. The molecule has 0 bridgehead atoms. The number of guanidine groups is 1. The Morgan fingerprint density at radius 2 is 1.78 bits per heavy atom. The van der Waals surface area contributed by atoms with E-state index in [0.29, 0.717) is 16.7 Å². The van der Waals surface area contributed by atoms with Crippen LogP contribution in [0, 0.1) is 0 Å². The van der Waals surface area contributed by atoms with Crippen LogP contribution in [0.3, 0.4) is 0 Å². The van der Waals surface area contributed by atoms with Crippen molar-refractivity contribution in [3.63, 3.8) is 0 Å². The molecule has 2 aromatic carbocycles. The number of nitrogens with zero attached hydrogens (tertiary/aromatic N) is 2. The van der Waals surface area contributed by atoms with Gasteiger partial charge in [0, 0.05) is 5.02 Å². The van der Waals surface area contributed by atoms with Crippen LogP contribution in [-0.2, 0) is 4.79 Å². The molecule has 2 N–H and O–H groups in total. The number of carbonyl (C=O) groups excluding carboxylic acids is 1. The Balaban J connectivity index is 1.69. The number of aliphatic imine (C=N–C) groups is 1. The van der Waals surface area contributed by atoms with E-state index in [2.05, 4.69) is 20.8 Å². The van der Waals surface area contributed by atoms with E-state index in [1.165, 1.54) is 0 Å². The van der Waals surface area contributed by atoms with Crippen molar-refractivity contribution in [1.29, 1.82) is 0 Å². The van der Waals surface area contributed by atoms with Crippen molar-refractivity contribution in [2.45, 2.75) is 0 Å². The summed E-state index contributed by atoms with van der Waals surface area (Å²) in [7, 11) is 0. The lowest BCUT2D eigenvalue weighted by molar-refractivity contribution is -0.115. The first-order chi connectivity index (χ1) is 11.2. The summed E-state index contributed by atoms with van der Waals surface area (Å²) in [4.78, 5) is 16.1. The molecule has 0 saturated carbocycles. The molecule has 0 spiro atoms. The van der Waals surface area contributed by atoms with Crippen LogP contribution < -0.4 is 10.7 Å². The van der Waals surface area contributed by atoms with Gasteiger partial charge in [-0.2, -0.15) is 5.10 Å². The van der Waals surface area contributed by atoms with Gasteiger partial charge in [0.25, 0.3) is 5.91 Å². The predicted octanol–water partition coefficient (Wildman–Crippen LogP) is 2.79. The second-order valence-corrected chi connectivity index (χ2v) is 5.21. The highest BCUT2D eigenvalue weighted by Gasteiger charge is 2.19. The minimum Gasteiger partial charge on any atom is -0.289 e. The smallest absolute Gasteiger partial charge is 0.276 e. The molecule has 1 heterocycles. The molecule has 1 aliphatic heterocycles. The molecule has 114 valence electrons. The molecule has 5 nitrogen and oxygen atoms in total. The SMILES string of the molecule is O=C1NC(NN=Cc2ccccc2)=NC1=Cc1ccc(Cl)cc1. The van der Waals surface area contributed by atoms with Crippen molar-refractivity contribution in [1.82, 2.24) is 10.7 Å². The molecule has 3 rings (SSSR count). The molecule has 1 aliphatic rings. The summed E-state index contributed by atoms with van der Waals surface area (Å²) in [5.41, 5.74) is 4.81. The quantitative estimate of drug-likeness (QED) is 0.518. The largest absolute Gasteiger partial charge is 0.289 e. The van der Waals surface area contributed by atoms with Gasteiger partial charge in [0.05, 0.1) is 6.21 Å². The Labute approximate surface area is 138 Å². The monoisotopic (exact) mass is 324 g/mol. The molecule has 2 aromatic rings. The number of amides is 1. The summed E-state index contributed by atoms with van der Waals surface area (Å²) in [5, 5.41) is 7.30. The molecule has 0 aliphatic carbocycles. The maximum Gasteiger partial charge on any atom is 0.276 e. The standard InChI is InChI=1S/C17H13ClN4O/c18-14-8-6-12(7-9-14)10-15-16(23)21-17(20-15)22-19-11-13-4-2-1-3-5-13/h1-11H,(H2,20,21,22,23). The Kier molecular flexibility index (Phi) is 4.49. The number of hydrogen-bond donors (Lipinski definition) is 2. The number of hydrogen-bond acceptors (Lipinski definition) is 4. The third-order valence-electron chi connectivity index (χ3n) is 3.05. The number of rotatable bonds is 3. The molecule has 6 heteroatoms. The Hall–Kier alpha value is -2.92. The summed E-state index contributed by atoms with van der Waals surface area (Å²) in [5.74, 6) is 0.0137. The number of nitrogens with one attached hydrogen (secondary N) is 2. The van der Waals surface area contributed by atoms with E-state index >= 15 is 0 Å². The summed E-state index contributed by atoms with van der Waals surface area (Å²) in [6.07, 6.45) is 3.33. The molecule has 0 radical (unpaired) electrons. The predicted molar refractivity (Wildman–Crippen MR) is 92.2 cm³/mol. The number of carbonyl (C=O) groups is 1. The first kappa shape index (κ1) is 15.0. The van der Waals surface area contributed by atoms with Crippen LogP contribution in [0.15, 0.2) is 70.4 Å². The summed E-state index contributed by atoms with van der Waals surface area (Å²) >= 11 is 5.83. The highest BCUT2D eigenvalue weighted by molar-refractivity contribution is 6.30. The molecule has 0 aromatic heterocycles. The number of benzene rings is 2. The van der Waals surface area contributed by atoms with Crippen LogP contribution in [0.2, 0.25) is 5.02 Å². The number of halogens is 1. The summed E-state index contributed by atoms with van der Waals surface area (Å²) < 4.78 is 0. The summed E-state index contributed by atoms with van der Waals surface area (Å²) in [6, 6.07) is 16.8. The topological polar surface area (TPSA) is 65.8 Å². The minimum absolute atomic E-state index is 0.280. The van der Waals surface area contributed by atoms with Gasteiger partial charge in [-0.1, -0.05) is 54.1 Å². The minimum atomic E-state index is -0.280. The Morgan fingerprint density at radius 3 is 2.52 bits per heavy atom.